The molecule has 0 radical (unpaired) electrons. The fraction of sp³-hybridized carbons (Fsp3) is 1.00. The summed E-state index contributed by atoms with van der Waals surface area (Å²) < 4.78 is 22.1. The van der Waals surface area contributed by atoms with Gasteiger partial charge in [-0.3, -0.25) is 13.6 Å². The highest BCUT2D eigenvalue weighted by molar-refractivity contribution is 7.33. The number of rotatable bonds is 32. The second kappa shape index (κ2) is 31.6. The molecule has 0 aliphatic carbocycles. The Bertz CT molecular complexity index is 437. The molecule has 2 atom stereocenters. The van der Waals surface area contributed by atoms with Gasteiger partial charge in [-0.05, 0) is 25.7 Å². The van der Waals surface area contributed by atoms with Crippen LogP contribution < -0.4 is 0 Å². The molecule has 38 heavy (non-hydrogen) atoms. The highest BCUT2D eigenvalue weighted by Gasteiger charge is 2.14. The first-order chi connectivity index (χ1) is 18.6. The smallest absolute Gasteiger partial charge is 0.323 e. The molecule has 0 aromatic rings. The van der Waals surface area contributed by atoms with Gasteiger partial charge in [0.2, 0.25) is 0 Å². The summed E-state index contributed by atoms with van der Waals surface area (Å²) in [7, 11) is -2.87. The molecular formula is C32H67O5P. The van der Waals surface area contributed by atoms with Gasteiger partial charge >= 0.3 is 8.25 Å². The van der Waals surface area contributed by atoms with E-state index in [1.54, 1.807) is 0 Å². The Labute approximate surface area is 238 Å². The van der Waals surface area contributed by atoms with Crippen molar-refractivity contribution in [3.05, 3.63) is 0 Å². The van der Waals surface area contributed by atoms with E-state index < -0.39 is 20.8 Å². The molecule has 0 heterocycles. The molecule has 0 saturated carbocycles. The Morgan fingerprint density at radius 2 is 0.632 bits per heavy atom. The summed E-state index contributed by atoms with van der Waals surface area (Å²) in [5.74, 6) is 0. The Hall–Kier alpha value is 0.0700. The molecule has 0 rings (SSSR count). The second-order valence-corrected chi connectivity index (χ2v) is 12.4. The first-order valence-electron chi connectivity index (χ1n) is 16.8. The Morgan fingerprint density at radius 1 is 0.421 bits per heavy atom. The molecule has 2 unspecified atom stereocenters. The lowest BCUT2D eigenvalue weighted by molar-refractivity contribution is -0.0648. The molecule has 0 aliphatic rings. The monoisotopic (exact) mass is 562 g/mol. The second-order valence-electron chi connectivity index (χ2n) is 11.5. The van der Waals surface area contributed by atoms with Crippen LogP contribution in [0.15, 0.2) is 0 Å². The van der Waals surface area contributed by atoms with Crippen LogP contribution >= 0.6 is 8.25 Å². The first kappa shape index (κ1) is 38.1. The molecule has 0 aliphatic heterocycles. The number of hydrogen-bond acceptors (Lipinski definition) is 5. The molecule has 0 aromatic heterocycles. The minimum Gasteiger partial charge on any atom is -0.368 e. The van der Waals surface area contributed by atoms with E-state index >= 15 is 0 Å². The maximum absolute atomic E-state index is 12.0. The van der Waals surface area contributed by atoms with Gasteiger partial charge in [-0.2, -0.15) is 0 Å². The van der Waals surface area contributed by atoms with Gasteiger partial charge in [-0.15, -0.1) is 0 Å². The molecular weight excluding hydrogens is 495 g/mol. The molecule has 2 N–H and O–H groups in total. The lowest BCUT2D eigenvalue weighted by Crippen LogP contribution is -2.12. The minimum absolute atomic E-state index is 0.465. The van der Waals surface area contributed by atoms with Crippen LogP contribution in [0.3, 0.4) is 0 Å². The molecule has 0 aromatic carbocycles. The molecule has 0 saturated heterocycles. The van der Waals surface area contributed by atoms with Gasteiger partial charge in [0.25, 0.3) is 0 Å². The van der Waals surface area contributed by atoms with Crippen molar-refractivity contribution in [2.45, 2.75) is 206 Å². The van der Waals surface area contributed by atoms with Crippen molar-refractivity contribution in [1.29, 1.82) is 0 Å². The van der Waals surface area contributed by atoms with E-state index in [2.05, 4.69) is 13.8 Å². The minimum atomic E-state index is -2.87. The molecule has 0 bridgehead atoms. The standard InChI is InChI=1S/C32H67O5P/c1-3-5-7-9-11-13-15-17-19-21-23-25-27-29-31(33)36-38(35)37-32(34)30-28-26-24-22-20-18-16-14-12-10-8-6-4-2/h31-34,38H,3-30H2,1-2H3. The fourth-order valence-corrected chi connectivity index (χ4v) is 5.78. The normalized spacial score (nSPS) is 14.1. The predicted octanol–water partition coefficient (Wildman–Crippen LogP) is 11.0. The molecule has 5 nitrogen and oxygen atoms in total. The average Bonchev–Trinajstić information content (AvgIpc) is 2.89. The van der Waals surface area contributed by atoms with Gasteiger partial charge in [0.15, 0.2) is 12.6 Å². The van der Waals surface area contributed by atoms with Crippen LogP contribution in [-0.4, -0.2) is 22.8 Å². The summed E-state index contributed by atoms with van der Waals surface area (Å²) in [5, 5.41) is 19.9. The van der Waals surface area contributed by atoms with Crippen molar-refractivity contribution in [2.24, 2.45) is 0 Å². The maximum atomic E-state index is 12.0. The number of unbranched alkanes of at least 4 members (excludes halogenated alkanes) is 24. The van der Waals surface area contributed by atoms with Crippen molar-refractivity contribution < 1.29 is 23.8 Å². The Morgan fingerprint density at radius 3 is 0.868 bits per heavy atom. The van der Waals surface area contributed by atoms with E-state index in [9.17, 15) is 14.8 Å². The van der Waals surface area contributed by atoms with E-state index in [1.165, 1.54) is 141 Å². The van der Waals surface area contributed by atoms with Crippen LogP contribution in [-0.2, 0) is 13.6 Å². The Balaban J connectivity index is 3.41. The molecule has 230 valence electrons. The highest BCUT2D eigenvalue weighted by atomic mass is 31.1. The first-order valence-corrected chi connectivity index (χ1v) is 18.1. The van der Waals surface area contributed by atoms with E-state index in [-0.39, 0.29) is 0 Å². The maximum Gasteiger partial charge on any atom is 0.323 e. The summed E-state index contributed by atoms with van der Waals surface area (Å²) >= 11 is 0. The molecule has 0 spiro atoms. The van der Waals surface area contributed by atoms with Crippen LogP contribution in [0.1, 0.15) is 194 Å². The zero-order valence-corrected chi connectivity index (χ0v) is 26.6. The van der Waals surface area contributed by atoms with Gasteiger partial charge in [0, 0.05) is 0 Å². The number of aliphatic hydroxyl groups is 2. The van der Waals surface area contributed by atoms with Crippen LogP contribution in [0.25, 0.3) is 0 Å². The van der Waals surface area contributed by atoms with E-state index in [0.717, 1.165) is 25.7 Å². The van der Waals surface area contributed by atoms with Gasteiger partial charge in [-0.1, -0.05) is 168 Å². The lowest BCUT2D eigenvalue weighted by Gasteiger charge is -2.15. The Kier molecular flexibility index (Phi) is 31.7. The van der Waals surface area contributed by atoms with E-state index in [4.69, 9.17) is 9.05 Å². The van der Waals surface area contributed by atoms with Gasteiger partial charge in [0.05, 0.1) is 0 Å². The predicted molar refractivity (Wildman–Crippen MR) is 164 cm³/mol. The summed E-state index contributed by atoms with van der Waals surface area (Å²) in [6.45, 7) is 4.52. The summed E-state index contributed by atoms with van der Waals surface area (Å²) in [6, 6.07) is 0. The number of hydrogen-bond donors (Lipinski definition) is 2. The van der Waals surface area contributed by atoms with Crippen molar-refractivity contribution in [3.8, 4) is 0 Å². The quantitative estimate of drug-likeness (QED) is 0.0484. The van der Waals surface area contributed by atoms with Crippen LogP contribution in [0.2, 0.25) is 0 Å². The third-order valence-electron chi connectivity index (χ3n) is 7.57. The zero-order chi connectivity index (χ0) is 27.9. The topological polar surface area (TPSA) is 76.0 Å². The van der Waals surface area contributed by atoms with Crippen molar-refractivity contribution in [2.75, 3.05) is 0 Å². The largest absolute Gasteiger partial charge is 0.368 e. The van der Waals surface area contributed by atoms with Crippen molar-refractivity contribution in [3.63, 3.8) is 0 Å². The molecule has 6 heteroatoms. The number of aliphatic hydroxyl groups excluding tert-OH is 2. The SMILES string of the molecule is CCCCCCCCCCCCCCCC(O)O[PH](=O)OC(O)CCCCCCCCCCCCCCC. The van der Waals surface area contributed by atoms with Crippen LogP contribution in [0, 0.1) is 0 Å². The fourth-order valence-electron chi connectivity index (χ4n) is 5.04. The van der Waals surface area contributed by atoms with Gasteiger partial charge in [-0.25, -0.2) is 0 Å². The van der Waals surface area contributed by atoms with E-state index in [0.29, 0.717) is 12.8 Å². The van der Waals surface area contributed by atoms with Crippen molar-refractivity contribution in [1.82, 2.24) is 0 Å². The lowest BCUT2D eigenvalue weighted by atomic mass is 10.0. The van der Waals surface area contributed by atoms with Crippen LogP contribution in [0.5, 0.6) is 0 Å². The summed E-state index contributed by atoms with van der Waals surface area (Å²) in [4.78, 5) is 0. The van der Waals surface area contributed by atoms with Gasteiger partial charge < -0.3 is 10.2 Å². The van der Waals surface area contributed by atoms with E-state index in [1.807, 2.05) is 0 Å². The average molecular weight is 563 g/mol. The van der Waals surface area contributed by atoms with Crippen LogP contribution in [0.4, 0.5) is 0 Å². The third-order valence-corrected chi connectivity index (χ3v) is 8.50. The van der Waals surface area contributed by atoms with Crippen molar-refractivity contribution >= 4 is 8.25 Å². The molecule has 0 amide bonds. The molecule has 0 fully saturated rings. The summed E-state index contributed by atoms with van der Waals surface area (Å²) in [6.07, 6.45) is 32.0. The zero-order valence-electron chi connectivity index (χ0n) is 25.6. The summed E-state index contributed by atoms with van der Waals surface area (Å²) in [5.41, 5.74) is 0. The van der Waals surface area contributed by atoms with Gasteiger partial charge in [0.1, 0.15) is 0 Å². The highest BCUT2D eigenvalue weighted by Crippen LogP contribution is 2.30. The third kappa shape index (κ3) is 30.6.